The summed E-state index contributed by atoms with van der Waals surface area (Å²) < 4.78 is 0. The number of carbonyl (C=O) groups excluding carboxylic acids is 2. The predicted octanol–water partition coefficient (Wildman–Crippen LogP) is 4.34. The molecule has 126 valence electrons. The van der Waals surface area contributed by atoms with E-state index in [1.165, 1.54) is 6.92 Å². The number of amides is 2. The summed E-state index contributed by atoms with van der Waals surface area (Å²) in [5.74, 6) is -0.221. The van der Waals surface area contributed by atoms with E-state index in [1.54, 1.807) is 29.2 Å². The Morgan fingerprint density at radius 3 is 2.17 bits per heavy atom. The Kier molecular flexibility index (Phi) is 5.99. The van der Waals surface area contributed by atoms with E-state index in [9.17, 15) is 9.59 Å². The molecule has 24 heavy (non-hydrogen) atoms. The summed E-state index contributed by atoms with van der Waals surface area (Å²) in [6.07, 6.45) is 0.218. The average Bonchev–Trinajstić information content (AvgIpc) is 2.52. The standard InChI is InChI=1S/C19H21ClN2O2/c1-13-5-4-6-14(2)19(13)22(15(3)23)12-11-18(24)21-17-9-7-16(20)8-10-17/h4-10H,11-12H2,1-3H3,(H,21,24). The van der Waals surface area contributed by atoms with Crippen molar-refractivity contribution in [3.63, 3.8) is 0 Å². The zero-order chi connectivity index (χ0) is 17.7. The fourth-order valence-electron chi connectivity index (χ4n) is 2.63. The number of hydrogen-bond donors (Lipinski definition) is 1. The van der Waals surface area contributed by atoms with Crippen LogP contribution in [0.5, 0.6) is 0 Å². The summed E-state index contributed by atoms with van der Waals surface area (Å²) in [6, 6.07) is 12.8. The Hall–Kier alpha value is -2.33. The number of anilines is 2. The summed E-state index contributed by atoms with van der Waals surface area (Å²) in [5.41, 5.74) is 3.60. The molecule has 1 N–H and O–H groups in total. The van der Waals surface area contributed by atoms with Gasteiger partial charge in [-0.3, -0.25) is 9.59 Å². The molecule has 0 heterocycles. The highest BCUT2D eigenvalue weighted by Crippen LogP contribution is 2.25. The average molecular weight is 345 g/mol. The van der Waals surface area contributed by atoms with Crippen LogP contribution in [-0.2, 0) is 9.59 Å². The number of benzene rings is 2. The SMILES string of the molecule is CC(=O)N(CCC(=O)Nc1ccc(Cl)cc1)c1c(C)cccc1C. The van der Waals surface area contributed by atoms with Gasteiger partial charge in [-0.15, -0.1) is 0 Å². The van der Waals surface area contributed by atoms with Crippen molar-refractivity contribution in [2.75, 3.05) is 16.8 Å². The molecular formula is C19H21ClN2O2. The van der Waals surface area contributed by atoms with Gasteiger partial charge in [0, 0.05) is 36.3 Å². The molecule has 0 aliphatic carbocycles. The summed E-state index contributed by atoms with van der Waals surface area (Å²) in [7, 11) is 0. The lowest BCUT2D eigenvalue weighted by molar-refractivity contribution is -0.117. The molecule has 0 fully saturated rings. The van der Waals surface area contributed by atoms with Gasteiger partial charge >= 0.3 is 0 Å². The van der Waals surface area contributed by atoms with Crippen molar-refractivity contribution in [1.29, 1.82) is 0 Å². The van der Waals surface area contributed by atoms with Crippen LogP contribution in [0.1, 0.15) is 24.5 Å². The van der Waals surface area contributed by atoms with Gasteiger partial charge in [0.05, 0.1) is 0 Å². The molecule has 0 aromatic heterocycles. The smallest absolute Gasteiger partial charge is 0.226 e. The third-order valence-electron chi connectivity index (χ3n) is 3.78. The highest BCUT2D eigenvalue weighted by molar-refractivity contribution is 6.30. The van der Waals surface area contributed by atoms with Gasteiger partial charge < -0.3 is 10.2 Å². The van der Waals surface area contributed by atoms with Crippen LogP contribution >= 0.6 is 11.6 Å². The van der Waals surface area contributed by atoms with Crippen molar-refractivity contribution < 1.29 is 9.59 Å². The Morgan fingerprint density at radius 2 is 1.62 bits per heavy atom. The van der Waals surface area contributed by atoms with Crippen molar-refractivity contribution in [2.45, 2.75) is 27.2 Å². The molecule has 0 unspecified atom stereocenters. The monoisotopic (exact) mass is 344 g/mol. The maximum absolute atomic E-state index is 12.1. The Labute approximate surface area is 147 Å². The molecule has 2 rings (SSSR count). The first-order chi connectivity index (χ1) is 11.4. The highest BCUT2D eigenvalue weighted by atomic mass is 35.5. The second-order valence-corrected chi connectivity index (χ2v) is 6.15. The topological polar surface area (TPSA) is 49.4 Å². The largest absolute Gasteiger partial charge is 0.326 e. The molecule has 0 bridgehead atoms. The molecule has 0 atom stereocenters. The van der Waals surface area contributed by atoms with Crippen molar-refractivity contribution in [3.05, 3.63) is 58.6 Å². The van der Waals surface area contributed by atoms with Crippen LogP contribution in [0.3, 0.4) is 0 Å². The van der Waals surface area contributed by atoms with Crippen LogP contribution in [0.15, 0.2) is 42.5 Å². The van der Waals surface area contributed by atoms with Crippen LogP contribution in [0.4, 0.5) is 11.4 Å². The Bertz CT molecular complexity index is 721. The van der Waals surface area contributed by atoms with Gasteiger partial charge in [-0.1, -0.05) is 29.8 Å². The molecule has 0 aliphatic heterocycles. The lowest BCUT2D eigenvalue weighted by Crippen LogP contribution is -2.33. The van der Waals surface area contributed by atoms with Gasteiger partial charge in [-0.25, -0.2) is 0 Å². The fraction of sp³-hybridized carbons (Fsp3) is 0.263. The van der Waals surface area contributed by atoms with Gasteiger partial charge in [0.25, 0.3) is 0 Å². The number of nitrogens with zero attached hydrogens (tertiary/aromatic N) is 1. The van der Waals surface area contributed by atoms with Gasteiger partial charge in [-0.2, -0.15) is 0 Å². The molecule has 0 spiro atoms. The third kappa shape index (κ3) is 4.59. The first-order valence-electron chi connectivity index (χ1n) is 7.78. The summed E-state index contributed by atoms with van der Waals surface area (Å²) >= 11 is 5.83. The van der Waals surface area contributed by atoms with Crippen molar-refractivity contribution in [1.82, 2.24) is 0 Å². The molecule has 0 aliphatic rings. The van der Waals surface area contributed by atoms with Crippen LogP contribution in [0.25, 0.3) is 0 Å². The van der Waals surface area contributed by atoms with Gasteiger partial charge in [0.15, 0.2) is 0 Å². The minimum absolute atomic E-state index is 0.0771. The molecule has 0 saturated heterocycles. The molecule has 4 nitrogen and oxygen atoms in total. The number of hydrogen-bond acceptors (Lipinski definition) is 2. The fourth-order valence-corrected chi connectivity index (χ4v) is 2.75. The number of nitrogens with one attached hydrogen (secondary N) is 1. The van der Waals surface area contributed by atoms with Crippen molar-refractivity contribution in [3.8, 4) is 0 Å². The molecule has 2 amide bonds. The normalized spacial score (nSPS) is 10.3. The molecule has 2 aromatic rings. The van der Waals surface area contributed by atoms with Crippen LogP contribution in [0, 0.1) is 13.8 Å². The third-order valence-corrected chi connectivity index (χ3v) is 4.03. The van der Waals surface area contributed by atoms with Gasteiger partial charge in [-0.05, 0) is 49.2 Å². The minimum atomic E-state index is -0.144. The maximum Gasteiger partial charge on any atom is 0.226 e. The lowest BCUT2D eigenvalue weighted by Gasteiger charge is -2.25. The van der Waals surface area contributed by atoms with E-state index in [1.807, 2.05) is 32.0 Å². The summed E-state index contributed by atoms with van der Waals surface area (Å²) in [5, 5.41) is 3.43. The summed E-state index contributed by atoms with van der Waals surface area (Å²) in [4.78, 5) is 25.8. The zero-order valence-corrected chi connectivity index (χ0v) is 14.9. The summed E-state index contributed by atoms with van der Waals surface area (Å²) in [6.45, 7) is 5.78. The first-order valence-corrected chi connectivity index (χ1v) is 8.16. The minimum Gasteiger partial charge on any atom is -0.326 e. The Balaban J connectivity index is 2.05. The van der Waals surface area contributed by atoms with E-state index in [0.29, 0.717) is 17.3 Å². The van der Waals surface area contributed by atoms with E-state index >= 15 is 0 Å². The van der Waals surface area contributed by atoms with E-state index in [4.69, 9.17) is 11.6 Å². The predicted molar refractivity (Wildman–Crippen MR) is 98.6 cm³/mol. The number of rotatable bonds is 5. The Morgan fingerprint density at radius 1 is 1.04 bits per heavy atom. The second-order valence-electron chi connectivity index (χ2n) is 5.72. The highest BCUT2D eigenvalue weighted by Gasteiger charge is 2.17. The van der Waals surface area contributed by atoms with Crippen LogP contribution < -0.4 is 10.2 Å². The molecular weight excluding hydrogens is 324 g/mol. The van der Waals surface area contributed by atoms with Crippen molar-refractivity contribution in [2.24, 2.45) is 0 Å². The zero-order valence-electron chi connectivity index (χ0n) is 14.1. The molecule has 5 heteroatoms. The van der Waals surface area contributed by atoms with E-state index in [2.05, 4.69) is 5.32 Å². The van der Waals surface area contributed by atoms with Crippen LogP contribution in [-0.4, -0.2) is 18.4 Å². The van der Waals surface area contributed by atoms with Crippen molar-refractivity contribution >= 4 is 34.8 Å². The second kappa shape index (κ2) is 7.97. The number of para-hydroxylation sites is 1. The molecule has 0 radical (unpaired) electrons. The van der Waals surface area contributed by atoms with Crippen LogP contribution in [0.2, 0.25) is 5.02 Å². The quantitative estimate of drug-likeness (QED) is 0.877. The number of halogens is 1. The van der Waals surface area contributed by atoms with E-state index < -0.39 is 0 Å². The maximum atomic E-state index is 12.1. The van der Waals surface area contributed by atoms with E-state index in [-0.39, 0.29) is 18.2 Å². The lowest BCUT2D eigenvalue weighted by atomic mass is 10.1. The molecule has 0 saturated carbocycles. The number of aryl methyl sites for hydroxylation is 2. The molecule has 2 aromatic carbocycles. The van der Waals surface area contributed by atoms with Gasteiger partial charge in [0.2, 0.25) is 11.8 Å². The van der Waals surface area contributed by atoms with E-state index in [0.717, 1.165) is 16.8 Å². The van der Waals surface area contributed by atoms with Gasteiger partial charge in [0.1, 0.15) is 0 Å². The first kappa shape index (κ1) is 18.0. The number of carbonyl (C=O) groups is 2.